The molecule has 24 heavy (non-hydrogen) atoms. The molecule has 1 aliphatic rings. The summed E-state index contributed by atoms with van der Waals surface area (Å²) in [6, 6.07) is 10.3. The Hall–Kier alpha value is -2.36. The van der Waals surface area contributed by atoms with Crippen LogP contribution >= 0.6 is 0 Å². The molecule has 0 radical (unpaired) electrons. The number of nitrogens with zero attached hydrogens (tertiary/aromatic N) is 1. The number of methoxy groups -OCH3 is 1. The second kappa shape index (κ2) is 7.04. The summed E-state index contributed by atoms with van der Waals surface area (Å²) in [5.74, 6) is 1.04. The Labute approximate surface area is 142 Å². The fourth-order valence-corrected chi connectivity index (χ4v) is 3.46. The molecule has 0 spiro atoms. The zero-order chi connectivity index (χ0) is 17.1. The molecule has 1 aromatic heterocycles. The molecule has 0 fully saturated rings. The number of aromatic nitrogens is 1. The predicted octanol–water partition coefficient (Wildman–Crippen LogP) is 3.81. The summed E-state index contributed by atoms with van der Waals surface area (Å²) in [7, 11) is 1.67. The van der Waals surface area contributed by atoms with Crippen molar-refractivity contribution < 1.29 is 14.3 Å². The average Bonchev–Trinajstić information content (AvgIpc) is 2.54. The van der Waals surface area contributed by atoms with E-state index in [0.29, 0.717) is 5.92 Å². The van der Waals surface area contributed by atoms with Gasteiger partial charge in [0.05, 0.1) is 12.8 Å². The van der Waals surface area contributed by atoms with E-state index in [1.807, 2.05) is 25.3 Å². The number of hydrogen-bond acceptors (Lipinski definition) is 4. The van der Waals surface area contributed by atoms with E-state index in [-0.39, 0.29) is 12.1 Å². The third kappa shape index (κ3) is 3.75. The van der Waals surface area contributed by atoms with E-state index in [0.717, 1.165) is 36.3 Å². The van der Waals surface area contributed by atoms with Gasteiger partial charge in [-0.1, -0.05) is 18.2 Å². The Morgan fingerprint density at radius 3 is 2.71 bits per heavy atom. The summed E-state index contributed by atoms with van der Waals surface area (Å²) in [6.45, 7) is 3.50. The van der Waals surface area contributed by atoms with Crippen molar-refractivity contribution >= 4 is 5.97 Å². The predicted molar refractivity (Wildman–Crippen MR) is 92.0 cm³/mol. The number of esters is 1. The van der Waals surface area contributed by atoms with Crippen LogP contribution in [0.4, 0.5) is 0 Å². The van der Waals surface area contributed by atoms with E-state index >= 15 is 0 Å². The van der Waals surface area contributed by atoms with Crippen molar-refractivity contribution in [1.82, 2.24) is 4.98 Å². The summed E-state index contributed by atoms with van der Waals surface area (Å²) >= 11 is 0. The molecule has 126 valence electrons. The number of benzene rings is 1. The molecule has 0 unspecified atom stereocenters. The highest BCUT2D eigenvalue weighted by atomic mass is 16.5. The minimum atomic E-state index is -0.251. The monoisotopic (exact) mass is 325 g/mol. The molecule has 4 heteroatoms. The topological polar surface area (TPSA) is 48.4 Å². The lowest BCUT2D eigenvalue weighted by Crippen LogP contribution is -2.24. The molecular weight excluding hydrogens is 302 g/mol. The van der Waals surface area contributed by atoms with Crippen LogP contribution in [0, 0.1) is 12.8 Å². The van der Waals surface area contributed by atoms with E-state index in [1.54, 1.807) is 7.11 Å². The summed E-state index contributed by atoms with van der Waals surface area (Å²) in [5, 5.41) is 0. The van der Waals surface area contributed by atoms with Crippen LogP contribution in [0.3, 0.4) is 0 Å². The van der Waals surface area contributed by atoms with Gasteiger partial charge in [-0.3, -0.25) is 9.78 Å². The summed E-state index contributed by atoms with van der Waals surface area (Å²) in [5.41, 5.74) is 4.53. The lowest BCUT2D eigenvalue weighted by molar-refractivity contribution is -0.148. The number of aryl methyl sites for hydroxylation is 1. The smallest absolute Gasteiger partial charge is 0.303 e. The molecule has 3 rings (SSSR count). The highest BCUT2D eigenvalue weighted by molar-refractivity contribution is 5.66. The first-order chi connectivity index (χ1) is 11.5. The molecule has 2 atom stereocenters. The lowest BCUT2D eigenvalue weighted by atomic mass is 9.81. The van der Waals surface area contributed by atoms with Crippen LogP contribution in [0.25, 0.3) is 0 Å². The molecule has 0 bridgehead atoms. The second-order valence-corrected chi connectivity index (χ2v) is 6.51. The van der Waals surface area contributed by atoms with E-state index in [2.05, 4.69) is 23.2 Å². The van der Waals surface area contributed by atoms with Gasteiger partial charge in [0.2, 0.25) is 0 Å². The van der Waals surface area contributed by atoms with Gasteiger partial charge in [0.15, 0.2) is 0 Å². The van der Waals surface area contributed by atoms with Gasteiger partial charge in [-0.2, -0.15) is 0 Å². The molecule has 1 aliphatic carbocycles. The number of ether oxygens (including phenoxy) is 2. The van der Waals surface area contributed by atoms with Gasteiger partial charge in [-0.25, -0.2) is 0 Å². The Bertz CT molecular complexity index is 724. The SMILES string of the molecule is COc1ccc(C[C@H]2Cc3cc(C)cnc3[C@H](OC(C)=O)C2)cc1. The summed E-state index contributed by atoms with van der Waals surface area (Å²) < 4.78 is 10.8. The third-order valence-electron chi connectivity index (χ3n) is 4.49. The highest BCUT2D eigenvalue weighted by Crippen LogP contribution is 2.36. The van der Waals surface area contributed by atoms with Crippen LogP contribution < -0.4 is 4.74 Å². The van der Waals surface area contributed by atoms with Crippen LogP contribution in [0.1, 0.15) is 41.8 Å². The minimum Gasteiger partial charge on any atom is -0.497 e. The van der Waals surface area contributed by atoms with E-state index in [9.17, 15) is 4.79 Å². The highest BCUT2D eigenvalue weighted by Gasteiger charge is 2.30. The van der Waals surface area contributed by atoms with Gasteiger partial charge in [0.1, 0.15) is 11.9 Å². The molecule has 0 amide bonds. The molecule has 0 saturated carbocycles. The van der Waals surface area contributed by atoms with E-state index in [1.165, 1.54) is 18.1 Å². The Morgan fingerprint density at radius 1 is 1.29 bits per heavy atom. The first-order valence-electron chi connectivity index (χ1n) is 8.30. The first kappa shape index (κ1) is 16.5. The third-order valence-corrected chi connectivity index (χ3v) is 4.49. The van der Waals surface area contributed by atoms with Gasteiger partial charge in [0.25, 0.3) is 0 Å². The number of fused-ring (bicyclic) bond motifs is 1. The lowest BCUT2D eigenvalue weighted by Gasteiger charge is -2.30. The minimum absolute atomic E-state index is 0.241. The van der Waals surface area contributed by atoms with Crippen molar-refractivity contribution in [2.75, 3.05) is 7.11 Å². The molecule has 0 saturated heterocycles. The second-order valence-electron chi connectivity index (χ2n) is 6.51. The van der Waals surface area contributed by atoms with Crippen molar-refractivity contribution in [2.45, 2.75) is 39.2 Å². The van der Waals surface area contributed by atoms with Crippen molar-refractivity contribution in [3.63, 3.8) is 0 Å². The van der Waals surface area contributed by atoms with E-state index in [4.69, 9.17) is 9.47 Å². The number of rotatable bonds is 4. The van der Waals surface area contributed by atoms with Gasteiger partial charge in [0, 0.05) is 13.1 Å². The van der Waals surface area contributed by atoms with E-state index < -0.39 is 0 Å². The normalized spacial score (nSPS) is 19.5. The molecule has 0 aliphatic heterocycles. The molecule has 4 nitrogen and oxygen atoms in total. The van der Waals surface area contributed by atoms with Crippen LogP contribution in [0.2, 0.25) is 0 Å². The van der Waals surface area contributed by atoms with Crippen LogP contribution in [0.5, 0.6) is 5.75 Å². The first-order valence-corrected chi connectivity index (χ1v) is 8.30. The molecular formula is C20H23NO3. The maximum atomic E-state index is 11.5. The summed E-state index contributed by atoms with van der Waals surface area (Å²) in [4.78, 5) is 16.0. The zero-order valence-corrected chi connectivity index (χ0v) is 14.4. The van der Waals surface area contributed by atoms with Gasteiger partial charge >= 0.3 is 5.97 Å². The van der Waals surface area contributed by atoms with Gasteiger partial charge in [-0.05, 0) is 60.9 Å². The standard InChI is InChI=1S/C20H23NO3/c1-13-8-17-10-16(9-15-4-6-18(23-3)7-5-15)11-19(24-14(2)22)20(17)21-12-13/h4-8,12,16,19H,9-11H2,1-3H3/t16-,19+/m0/s1. The van der Waals surface area contributed by atoms with Crippen molar-refractivity contribution in [1.29, 1.82) is 0 Å². The zero-order valence-electron chi connectivity index (χ0n) is 14.4. The number of carbonyl (C=O) groups is 1. The van der Waals surface area contributed by atoms with Crippen molar-refractivity contribution in [3.8, 4) is 5.75 Å². The maximum absolute atomic E-state index is 11.5. The van der Waals surface area contributed by atoms with Crippen LogP contribution in [-0.4, -0.2) is 18.1 Å². The Kier molecular flexibility index (Phi) is 4.84. The molecule has 1 heterocycles. The van der Waals surface area contributed by atoms with Gasteiger partial charge < -0.3 is 9.47 Å². The summed E-state index contributed by atoms with van der Waals surface area (Å²) in [6.07, 6.45) is 4.34. The van der Waals surface area contributed by atoms with Crippen LogP contribution in [0.15, 0.2) is 36.5 Å². The number of carbonyl (C=O) groups excluding carboxylic acids is 1. The molecule has 2 aromatic rings. The fourth-order valence-electron chi connectivity index (χ4n) is 3.46. The quantitative estimate of drug-likeness (QED) is 0.802. The van der Waals surface area contributed by atoms with Crippen molar-refractivity contribution in [2.24, 2.45) is 5.92 Å². The average molecular weight is 325 g/mol. The molecule has 1 aromatic carbocycles. The van der Waals surface area contributed by atoms with Gasteiger partial charge in [-0.15, -0.1) is 0 Å². The fraction of sp³-hybridized carbons (Fsp3) is 0.400. The Balaban J connectivity index is 1.80. The number of pyridine rings is 1. The van der Waals surface area contributed by atoms with Crippen molar-refractivity contribution in [3.05, 3.63) is 58.9 Å². The number of hydrogen-bond donors (Lipinski definition) is 0. The van der Waals surface area contributed by atoms with Crippen LogP contribution in [-0.2, 0) is 22.4 Å². The largest absolute Gasteiger partial charge is 0.497 e. The maximum Gasteiger partial charge on any atom is 0.303 e. The molecule has 0 N–H and O–H groups in total. The Morgan fingerprint density at radius 2 is 2.04 bits per heavy atom.